The van der Waals surface area contributed by atoms with Crippen LogP contribution in [0.15, 0.2) is 24.3 Å². The average Bonchev–Trinajstić information content (AvgIpc) is 2.37. The van der Waals surface area contributed by atoms with E-state index >= 15 is 0 Å². The number of hydrogen-bond acceptors (Lipinski definition) is 2. The van der Waals surface area contributed by atoms with Gasteiger partial charge in [-0.2, -0.15) is 0 Å². The first-order valence-corrected chi connectivity index (χ1v) is 6.70. The molecule has 0 saturated carbocycles. The van der Waals surface area contributed by atoms with Crippen molar-refractivity contribution in [2.24, 2.45) is 5.92 Å². The van der Waals surface area contributed by atoms with Crippen LogP contribution >= 0.6 is 11.6 Å². The number of piperidine rings is 1. The maximum atomic E-state index is 12.0. The summed E-state index contributed by atoms with van der Waals surface area (Å²) in [7, 11) is 0. The van der Waals surface area contributed by atoms with Crippen LogP contribution in [-0.2, 0) is 9.59 Å². The number of halogens is 1. The Morgan fingerprint density at radius 2 is 2.26 bits per heavy atom. The van der Waals surface area contributed by atoms with E-state index < -0.39 is 17.9 Å². The Kier molecular flexibility index (Phi) is 4.10. The van der Waals surface area contributed by atoms with E-state index in [1.807, 2.05) is 13.0 Å². The van der Waals surface area contributed by atoms with Crippen LogP contribution in [0.3, 0.4) is 0 Å². The summed E-state index contributed by atoms with van der Waals surface area (Å²) in [5, 5.41) is 9.92. The van der Waals surface area contributed by atoms with Crippen molar-refractivity contribution in [2.45, 2.75) is 25.8 Å². The smallest absolute Gasteiger partial charge is 0.308 e. The molecule has 1 aromatic rings. The Morgan fingerprint density at radius 1 is 1.53 bits per heavy atom. The van der Waals surface area contributed by atoms with Gasteiger partial charge in [-0.3, -0.25) is 9.59 Å². The molecule has 0 aromatic heterocycles. The van der Waals surface area contributed by atoms with Crippen LogP contribution in [0.25, 0.3) is 0 Å². The topological polar surface area (TPSA) is 57.6 Å². The van der Waals surface area contributed by atoms with Gasteiger partial charge in [-0.15, -0.1) is 0 Å². The summed E-state index contributed by atoms with van der Waals surface area (Å²) < 4.78 is 0. The van der Waals surface area contributed by atoms with Crippen molar-refractivity contribution in [3.63, 3.8) is 0 Å². The highest BCUT2D eigenvalue weighted by molar-refractivity contribution is 6.30. The second-order valence-corrected chi connectivity index (χ2v) is 5.10. The highest BCUT2D eigenvalue weighted by Gasteiger charge is 2.39. The van der Waals surface area contributed by atoms with E-state index in [4.69, 9.17) is 11.6 Å². The zero-order valence-electron chi connectivity index (χ0n) is 10.7. The molecule has 1 aliphatic rings. The van der Waals surface area contributed by atoms with E-state index in [1.165, 1.54) is 0 Å². The van der Waals surface area contributed by atoms with Crippen molar-refractivity contribution in [1.29, 1.82) is 0 Å². The van der Waals surface area contributed by atoms with Crippen molar-refractivity contribution in [1.82, 2.24) is 4.90 Å². The lowest BCUT2D eigenvalue weighted by molar-refractivity contribution is -0.151. The third-order valence-electron chi connectivity index (χ3n) is 3.55. The fraction of sp³-hybridized carbons (Fsp3) is 0.429. The monoisotopic (exact) mass is 281 g/mol. The number of likely N-dealkylation sites (tertiary alicyclic amines) is 1. The molecule has 19 heavy (non-hydrogen) atoms. The second-order valence-electron chi connectivity index (χ2n) is 4.66. The van der Waals surface area contributed by atoms with Gasteiger partial charge in [-0.05, 0) is 31.0 Å². The first kappa shape index (κ1) is 13.9. The molecular formula is C14H16ClNO3. The van der Waals surface area contributed by atoms with E-state index in [-0.39, 0.29) is 5.91 Å². The zero-order chi connectivity index (χ0) is 14.0. The maximum Gasteiger partial charge on any atom is 0.308 e. The number of carboxylic acid groups (broad SMARTS) is 1. The Hall–Kier alpha value is -1.55. The van der Waals surface area contributed by atoms with Gasteiger partial charge < -0.3 is 10.0 Å². The SMILES string of the molecule is CCN1C(=O)CC[C@H](C(=O)O)[C@H]1c1cccc(Cl)c1. The molecule has 4 nitrogen and oxygen atoms in total. The molecule has 1 saturated heterocycles. The molecule has 1 aromatic carbocycles. The molecule has 0 spiro atoms. The van der Waals surface area contributed by atoms with E-state index in [2.05, 4.69) is 0 Å². The molecule has 0 unspecified atom stereocenters. The van der Waals surface area contributed by atoms with Gasteiger partial charge >= 0.3 is 5.97 Å². The number of rotatable bonds is 3. The van der Waals surface area contributed by atoms with Gasteiger partial charge in [0, 0.05) is 18.0 Å². The van der Waals surface area contributed by atoms with Gasteiger partial charge in [0.25, 0.3) is 0 Å². The van der Waals surface area contributed by atoms with Gasteiger partial charge in [0.05, 0.1) is 12.0 Å². The summed E-state index contributed by atoms with van der Waals surface area (Å²) in [6.45, 7) is 2.36. The van der Waals surface area contributed by atoms with Crippen molar-refractivity contribution < 1.29 is 14.7 Å². The first-order chi connectivity index (χ1) is 9.04. The number of carbonyl (C=O) groups is 2. The molecule has 1 N–H and O–H groups in total. The molecule has 1 heterocycles. The van der Waals surface area contributed by atoms with E-state index in [0.29, 0.717) is 24.4 Å². The predicted octanol–water partition coefficient (Wildman–Crippen LogP) is 2.72. The van der Waals surface area contributed by atoms with Crippen molar-refractivity contribution in [3.05, 3.63) is 34.9 Å². The summed E-state index contributed by atoms with van der Waals surface area (Å²) in [6.07, 6.45) is 0.670. The number of carbonyl (C=O) groups excluding carboxylic acids is 1. The largest absolute Gasteiger partial charge is 0.481 e. The van der Waals surface area contributed by atoms with Crippen LogP contribution in [0.2, 0.25) is 5.02 Å². The Balaban J connectivity index is 2.44. The average molecular weight is 282 g/mol. The van der Waals surface area contributed by atoms with Gasteiger partial charge in [0.1, 0.15) is 0 Å². The number of carboxylic acids is 1. The molecule has 1 fully saturated rings. The Bertz CT molecular complexity index is 501. The molecule has 5 heteroatoms. The van der Waals surface area contributed by atoms with E-state index in [1.54, 1.807) is 23.1 Å². The minimum atomic E-state index is -0.865. The highest BCUT2D eigenvalue weighted by Crippen LogP contribution is 2.37. The molecule has 2 rings (SSSR count). The van der Waals surface area contributed by atoms with Crippen molar-refractivity contribution >= 4 is 23.5 Å². The zero-order valence-corrected chi connectivity index (χ0v) is 11.4. The van der Waals surface area contributed by atoms with E-state index in [0.717, 1.165) is 5.56 Å². The van der Waals surface area contributed by atoms with Crippen LogP contribution in [0.1, 0.15) is 31.4 Å². The third-order valence-corrected chi connectivity index (χ3v) is 3.79. The highest BCUT2D eigenvalue weighted by atomic mass is 35.5. The first-order valence-electron chi connectivity index (χ1n) is 6.32. The van der Waals surface area contributed by atoms with Crippen molar-refractivity contribution in [3.8, 4) is 0 Å². The molecule has 0 radical (unpaired) electrons. The molecule has 2 atom stereocenters. The van der Waals surface area contributed by atoms with Crippen LogP contribution in [0.4, 0.5) is 0 Å². The van der Waals surface area contributed by atoms with Crippen LogP contribution < -0.4 is 0 Å². The maximum absolute atomic E-state index is 12.0. The second kappa shape index (κ2) is 5.61. The van der Waals surface area contributed by atoms with Crippen LogP contribution in [0, 0.1) is 5.92 Å². The van der Waals surface area contributed by atoms with Gasteiger partial charge in [-0.25, -0.2) is 0 Å². The van der Waals surface area contributed by atoms with Crippen LogP contribution in [0.5, 0.6) is 0 Å². The molecule has 0 bridgehead atoms. The van der Waals surface area contributed by atoms with Gasteiger partial charge in [0.15, 0.2) is 0 Å². The van der Waals surface area contributed by atoms with E-state index in [9.17, 15) is 14.7 Å². The van der Waals surface area contributed by atoms with Gasteiger partial charge in [-0.1, -0.05) is 23.7 Å². The minimum absolute atomic E-state index is 0.00461. The lowest BCUT2D eigenvalue weighted by atomic mass is 9.84. The summed E-state index contributed by atoms with van der Waals surface area (Å²) in [5.74, 6) is -1.43. The predicted molar refractivity (Wildman–Crippen MR) is 71.9 cm³/mol. The normalized spacial score (nSPS) is 23.5. The Labute approximate surface area is 117 Å². The molecule has 1 aliphatic heterocycles. The lowest BCUT2D eigenvalue weighted by Crippen LogP contribution is -2.45. The fourth-order valence-corrected chi connectivity index (χ4v) is 2.89. The summed E-state index contributed by atoms with van der Waals surface area (Å²) in [5.41, 5.74) is 0.787. The Morgan fingerprint density at radius 3 is 2.84 bits per heavy atom. The van der Waals surface area contributed by atoms with Crippen molar-refractivity contribution in [2.75, 3.05) is 6.54 Å². The molecule has 102 valence electrons. The minimum Gasteiger partial charge on any atom is -0.481 e. The standard InChI is InChI=1S/C14H16ClNO3/c1-2-16-12(17)7-6-11(14(18)19)13(16)9-4-3-5-10(15)8-9/h3-5,8,11,13H,2,6-7H2,1H3,(H,18,19)/t11-,13+/m0/s1. The van der Waals surface area contributed by atoms with Gasteiger partial charge in [0.2, 0.25) is 5.91 Å². The summed E-state index contributed by atoms with van der Waals surface area (Å²) >= 11 is 5.97. The lowest BCUT2D eigenvalue weighted by Gasteiger charge is -2.39. The number of amides is 1. The number of benzene rings is 1. The number of aliphatic carboxylic acids is 1. The number of nitrogens with zero attached hydrogens (tertiary/aromatic N) is 1. The van der Waals surface area contributed by atoms with Crippen LogP contribution in [-0.4, -0.2) is 28.4 Å². The molecular weight excluding hydrogens is 266 g/mol. The molecule has 1 amide bonds. The quantitative estimate of drug-likeness (QED) is 0.927. The summed E-state index contributed by atoms with van der Waals surface area (Å²) in [4.78, 5) is 25.0. The summed E-state index contributed by atoms with van der Waals surface area (Å²) in [6, 6.07) is 6.66. The third kappa shape index (κ3) is 2.73. The number of hydrogen-bond donors (Lipinski definition) is 1. The molecule has 0 aliphatic carbocycles. The fourth-order valence-electron chi connectivity index (χ4n) is 2.69.